The molecule has 94 valence electrons. The molecule has 0 aliphatic carbocycles. The summed E-state index contributed by atoms with van der Waals surface area (Å²) in [5.74, 6) is 0.243. The minimum atomic E-state index is -0.169. The number of nitrogen functional groups attached to an aromatic ring is 1. The molecule has 2 rings (SSSR count). The molecule has 0 aromatic carbocycles. The van der Waals surface area contributed by atoms with E-state index in [0.717, 1.165) is 19.6 Å². The smallest absolute Gasteiger partial charge is 0.271 e. The number of amides is 1. The van der Waals surface area contributed by atoms with Crippen molar-refractivity contribution in [3.8, 4) is 0 Å². The highest BCUT2D eigenvalue weighted by Gasteiger charge is 2.20. The summed E-state index contributed by atoms with van der Waals surface area (Å²) in [6.45, 7) is 3.92. The molecular weight excluding hydrogens is 220 g/mol. The molecule has 1 aliphatic rings. The van der Waals surface area contributed by atoms with Gasteiger partial charge in [-0.2, -0.15) is 5.10 Å². The van der Waals surface area contributed by atoms with Crippen molar-refractivity contribution in [2.45, 2.75) is 13.3 Å². The number of carbonyl (C=O) groups excluding carboxylic acids is 1. The van der Waals surface area contributed by atoms with Crippen molar-refractivity contribution < 1.29 is 9.53 Å². The standard InChI is InChI=1S/C11H18N4O2/c1-7-9(12)10(15(2)14-7)11(16)13-5-8-3-4-17-6-8/h8H,3-6,12H2,1-2H3,(H,13,16). The van der Waals surface area contributed by atoms with Crippen molar-refractivity contribution >= 4 is 11.6 Å². The Kier molecular flexibility index (Phi) is 3.33. The molecular formula is C11H18N4O2. The molecule has 0 radical (unpaired) electrons. The molecule has 3 N–H and O–H groups in total. The highest BCUT2D eigenvalue weighted by molar-refractivity contribution is 5.97. The summed E-state index contributed by atoms with van der Waals surface area (Å²) in [5.41, 5.74) is 7.38. The predicted molar refractivity (Wildman–Crippen MR) is 63.6 cm³/mol. The van der Waals surface area contributed by atoms with Gasteiger partial charge in [-0.25, -0.2) is 0 Å². The Morgan fingerprint density at radius 3 is 3.00 bits per heavy atom. The molecule has 1 aromatic rings. The summed E-state index contributed by atoms with van der Waals surface area (Å²) in [5, 5.41) is 6.99. The third-order valence-electron chi connectivity index (χ3n) is 3.06. The van der Waals surface area contributed by atoms with Gasteiger partial charge in [-0.15, -0.1) is 0 Å². The Labute approximate surface area is 100 Å². The van der Waals surface area contributed by atoms with Crippen LogP contribution in [0.5, 0.6) is 0 Å². The molecule has 2 heterocycles. The van der Waals surface area contributed by atoms with Gasteiger partial charge in [0.25, 0.3) is 5.91 Å². The number of carbonyl (C=O) groups is 1. The maximum absolute atomic E-state index is 12.0. The first kappa shape index (κ1) is 11.9. The highest BCUT2D eigenvalue weighted by Crippen LogP contribution is 2.15. The lowest BCUT2D eigenvalue weighted by atomic mass is 10.1. The van der Waals surface area contributed by atoms with E-state index >= 15 is 0 Å². The Morgan fingerprint density at radius 2 is 2.47 bits per heavy atom. The van der Waals surface area contributed by atoms with Gasteiger partial charge in [0.15, 0.2) is 0 Å². The second-order valence-electron chi connectivity index (χ2n) is 4.41. The van der Waals surface area contributed by atoms with E-state index in [-0.39, 0.29) is 5.91 Å². The van der Waals surface area contributed by atoms with Crippen molar-refractivity contribution in [2.24, 2.45) is 13.0 Å². The SMILES string of the molecule is Cc1nn(C)c(C(=O)NCC2CCOC2)c1N. The number of nitrogens with two attached hydrogens (primary N) is 1. The Balaban J connectivity index is 1.99. The van der Waals surface area contributed by atoms with Crippen LogP contribution < -0.4 is 11.1 Å². The largest absolute Gasteiger partial charge is 0.395 e. The number of hydrogen-bond donors (Lipinski definition) is 2. The molecule has 17 heavy (non-hydrogen) atoms. The lowest BCUT2D eigenvalue weighted by Gasteiger charge is -2.09. The summed E-state index contributed by atoms with van der Waals surface area (Å²) in [7, 11) is 1.72. The lowest BCUT2D eigenvalue weighted by Crippen LogP contribution is -2.31. The number of aryl methyl sites for hydroxylation is 2. The molecule has 6 nitrogen and oxygen atoms in total. The number of ether oxygens (including phenoxy) is 1. The average molecular weight is 238 g/mol. The van der Waals surface area contributed by atoms with E-state index < -0.39 is 0 Å². The minimum Gasteiger partial charge on any atom is -0.395 e. The van der Waals surface area contributed by atoms with Crippen LogP contribution in [0.15, 0.2) is 0 Å². The summed E-state index contributed by atoms with van der Waals surface area (Å²) in [4.78, 5) is 12.0. The first-order valence-electron chi connectivity index (χ1n) is 5.74. The van der Waals surface area contributed by atoms with Gasteiger partial charge >= 0.3 is 0 Å². The first-order chi connectivity index (χ1) is 8.09. The molecule has 6 heteroatoms. The van der Waals surface area contributed by atoms with Gasteiger partial charge in [0.1, 0.15) is 5.69 Å². The zero-order valence-electron chi connectivity index (χ0n) is 10.2. The van der Waals surface area contributed by atoms with Gasteiger partial charge in [-0.1, -0.05) is 0 Å². The Hall–Kier alpha value is -1.56. The quantitative estimate of drug-likeness (QED) is 0.781. The van der Waals surface area contributed by atoms with Crippen molar-refractivity contribution in [3.05, 3.63) is 11.4 Å². The number of hydrogen-bond acceptors (Lipinski definition) is 4. The van der Waals surface area contributed by atoms with Crippen LogP contribution in [0.25, 0.3) is 0 Å². The van der Waals surface area contributed by atoms with E-state index in [1.165, 1.54) is 4.68 Å². The molecule has 1 amide bonds. The van der Waals surface area contributed by atoms with Crippen molar-refractivity contribution in [3.63, 3.8) is 0 Å². The Morgan fingerprint density at radius 1 is 1.71 bits per heavy atom. The van der Waals surface area contributed by atoms with E-state index in [1.807, 2.05) is 0 Å². The Bertz CT molecular complexity index is 421. The van der Waals surface area contributed by atoms with E-state index in [0.29, 0.717) is 29.5 Å². The number of rotatable bonds is 3. The van der Waals surface area contributed by atoms with E-state index in [9.17, 15) is 4.79 Å². The number of aromatic nitrogens is 2. The second kappa shape index (κ2) is 4.75. The lowest BCUT2D eigenvalue weighted by molar-refractivity contribution is 0.0936. The van der Waals surface area contributed by atoms with Crippen LogP contribution in [0.3, 0.4) is 0 Å². The summed E-state index contributed by atoms with van der Waals surface area (Å²) >= 11 is 0. The van der Waals surface area contributed by atoms with Gasteiger partial charge in [-0.3, -0.25) is 9.48 Å². The maximum Gasteiger partial charge on any atom is 0.271 e. The van der Waals surface area contributed by atoms with Gasteiger partial charge in [-0.05, 0) is 13.3 Å². The van der Waals surface area contributed by atoms with Crippen LogP contribution in [0, 0.1) is 12.8 Å². The molecule has 1 unspecified atom stereocenters. The summed E-state index contributed by atoms with van der Waals surface area (Å²) in [6, 6.07) is 0. The third kappa shape index (κ3) is 2.41. The maximum atomic E-state index is 12.0. The van der Waals surface area contributed by atoms with Gasteiger partial charge in [0.2, 0.25) is 0 Å². The topological polar surface area (TPSA) is 82.2 Å². The van der Waals surface area contributed by atoms with Crippen LogP contribution in [0.2, 0.25) is 0 Å². The fraction of sp³-hybridized carbons (Fsp3) is 0.636. The van der Waals surface area contributed by atoms with E-state index in [4.69, 9.17) is 10.5 Å². The molecule has 1 aromatic heterocycles. The molecule has 0 bridgehead atoms. The number of nitrogens with one attached hydrogen (secondary N) is 1. The zero-order chi connectivity index (χ0) is 12.4. The number of nitrogens with zero attached hydrogens (tertiary/aromatic N) is 2. The molecule has 1 aliphatic heterocycles. The molecule has 0 spiro atoms. The van der Waals surface area contributed by atoms with Crippen molar-refractivity contribution in [2.75, 3.05) is 25.5 Å². The van der Waals surface area contributed by atoms with Crippen LogP contribution in [-0.4, -0.2) is 35.4 Å². The third-order valence-corrected chi connectivity index (χ3v) is 3.06. The molecule has 1 atom stereocenters. The van der Waals surface area contributed by atoms with Crippen LogP contribution in [0.4, 0.5) is 5.69 Å². The molecule has 0 saturated carbocycles. The van der Waals surface area contributed by atoms with Gasteiger partial charge in [0.05, 0.1) is 18.0 Å². The van der Waals surface area contributed by atoms with E-state index in [2.05, 4.69) is 10.4 Å². The number of anilines is 1. The summed E-state index contributed by atoms with van der Waals surface area (Å²) in [6.07, 6.45) is 1.00. The monoisotopic (exact) mass is 238 g/mol. The summed E-state index contributed by atoms with van der Waals surface area (Å²) < 4.78 is 6.77. The van der Waals surface area contributed by atoms with Crippen LogP contribution >= 0.6 is 0 Å². The highest BCUT2D eigenvalue weighted by atomic mass is 16.5. The normalized spacial score (nSPS) is 19.5. The first-order valence-corrected chi connectivity index (χ1v) is 5.74. The average Bonchev–Trinajstić information content (AvgIpc) is 2.86. The fourth-order valence-corrected chi connectivity index (χ4v) is 2.01. The van der Waals surface area contributed by atoms with Crippen LogP contribution in [-0.2, 0) is 11.8 Å². The fourth-order valence-electron chi connectivity index (χ4n) is 2.01. The van der Waals surface area contributed by atoms with Gasteiger partial charge < -0.3 is 15.8 Å². The zero-order valence-corrected chi connectivity index (χ0v) is 10.2. The second-order valence-corrected chi connectivity index (χ2v) is 4.41. The van der Waals surface area contributed by atoms with Gasteiger partial charge in [0, 0.05) is 26.1 Å². The van der Waals surface area contributed by atoms with Crippen LogP contribution in [0.1, 0.15) is 22.6 Å². The minimum absolute atomic E-state index is 0.169. The molecule has 1 saturated heterocycles. The van der Waals surface area contributed by atoms with Crippen molar-refractivity contribution in [1.82, 2.24) is 15.1 Å². The predicted octanol–water partition coefficient (Wildman–Crippen LogP) is 0.0770. The van der Waals surface area contributed by atoms with E-state index in [1.54, 1.807) is 14.0 Å². The van der Waals surface area contributed by atoms with Crippen molar-refractivity contribution in [1.29, 1.82) is 0 Å². The molecule has 1 fully saturated rings.